The van der Waals surface area contributed by atoms with Crippen LogP contribution < -0.4 is 0 Å². The van der Waals surface area contributed by atoms with Crippen molar-refractivity contribution in [2.75, 3.05) is 12.4 Å². The predicted molar refractivity (Wildman–Crippen MR) is 67.3 cm³/mol. The first-order valence-corrected chi connectivity index (χ1v) is 6.15. The summed E-state index contributed by atoms with van der Waals surface area (Å²) in [4.78, 5) is 11.8. The summed E-state index contributed by atoms with van der Waals surface area (Å²) in [6.07, 6.45) is 1.89. The van der Waals surface area contributed by atoms with Gasteiger partial charge in [0.1, 0.15) is 0 Å². The maximum Gasteiger partial charge on any atom is 0.312 e. The van der Waals surface area contributed by atoms with Crippen LogP contribution in [0, 0.1) is 10.8 Å². The highest BCUT2D eigenvalue weighted by molar-refractivity contribution is 7.80. The Labute approximate surface area is 99.2 Å². The molecule has 90 valence electrons. The van der Waals surface area contributed by atoms with Gasteiger partial charge in [-0.2, -0.15) is 12.6 Å². The number of carbonyl (C=O) groups excluding carboxylic acids is 1. The number of carbonyl (C=O) groups is 1. The molecule has 0 atom stereocenters. The summed E-state index contributed by atoms with van der Waals surface area (Å²) in [5, 5.41) is 0. The van der Waals surface area contributed by atoms with E-state index in [0.29, 0.717) is 6.61 Å². The summed E-state index contributed by atoms with van der Waals surface area (Å²) in [6, 6.07) is 0. The molecule has 0 spiro atoms. The summed E-state index contributed by atoms with van der Waals surface area (Å²) >= 11 is 4.11. The minimum Gasteiger partial charge on any atom is -0.465 e. The van der Waals surface area contributed by atoms with E-state index < -0.39 is 5.41 Å². The van der Waals surface area contributed by atoms with Crippen molar-refractivity contribution in [1.82, 2.24) is 0 Å². The molecule has 0 amide bonds. The van der Waals surface area contributed by atoms with Gasteiger partial charge in [-0.15, -0.1) is 0 Å². The smallest absolute Gasteiger partial charge is 0.312 e. The molecule has 0 radical (unpaired) electrons. The molecule has 0 aromatic heterocycles. The van der Waals surface area contributed by atoms with Crippen LogP contribution in [-0.4, -0.2) is 18.3 Å². The van der Waals surface area contributed by atoms with Crippen molar-refractivity contribution in [1.29, 1.82) is 0 Å². The van der Waals surface area contributed by atoms with Crippen LogP contribution in [0.1, 0.15) is 47.5 Å². The Kier molecular flexibility index (Phi) is 5.71. The van der Waals surface area contributed by atoms with E-state index in [9.17, 15) is 4.79 Å². The van der Waals surface area contributed by atoms with Crippen molar-refractivity contribution in [3.8, 4) is 0 Å². The average Bonchev–Trinajstić information content (AvgIpc) is 2.10. The van der Waals surface area contributed by atoms with E-state index in [2.05, 4.69) is 33.4 Å². The molecule has 0 aliphatic heterocycles. The van der Waals surface area contributed by atoms with Crippen molar-refractivity contribution in [2.24, 2.45) is 10.8 Å². The zero-order valence-corrected chi connectivity index (χ0v) is 11.5. The Morgan fingerprint density at radius 1 is 1.13 bits per heavy atom. The molecule has 0 N–H and O–H groups in total. The molecule has 0 heterocycles. The van der Waals surface area contributed by atoms with Gasteiger partial charge in [0.15, 0.2) is 0 Å². The average molecular weight is 232 g/mol. The maximum atomic E-state index is 11.8. The van der Waals surface area contributed by atoms with E-state index >= 15 is 0 Å². The Morgan fingerprint density at radius 3 is 2.07 bits per heavy atom. The molecule has 0 saturated carbocycles. The van der Waals surface area contributed by atoms with Crippen LogP contribution in [0.5, 0.6) is 0 Å². The van der Waals surface area contributed by atoms with Gasteiger partial charge in [0.05, 0.1) is 12.0 Å². The van der Waals surface area contributed by atoms with Gasteiger partial charge >= 0.3 is 5.97 Å². The SMILES string of the molecule is CC(C)(C)C(C)(C)C(=O)OCCCCS. The van der Waals surface area contributed by atoms with E-state index in [1.165, 1.54) is 0 Å². The molecule has 3 heteroatoms. The number of unbranched alkanes of at least 4 members (excludes halogenated alkanes) is 1. The van der Waals surface area contributed by atoms with E-state index in [1.54, 1.807) is 0 Å². The van der Waals surface area contributed by atoms with Crippen molar-refractivity contribution in [3.05, 3.63) is 0 Å². The Hall–Kier alpha value is -0.180. The Bertz CT molecular complexity index is 204. The van der Waals surface area contributed by atoms with Crippen LogP contribution in [-0.2, 0) is 9.53 Å². The second kappa shape index (κ2) is 5.78. The minimum atomic E-state index is -0.437. The van der Waals surface area contributed by atoms with Crippen LogP contribution in [0.15, 0.2) is 0 Å². The van der Waals surface area contributed by atoms with Crippen LogP contribution in [0.3, 0.4) is 0 Å². The highest BCUT2D eigenvalue weighted by Crippen LogP contribution is 2.38. The molecule has 0 aromatic rings. The fourth-order valence-electron chi connectivity index (χ4n) is 0.865. The van der Waals surface area contributed by atoms with Gasteiger partial charge in [0, 0.05) is 0 Å². The highest BCUT2D eigenvalue weighted by Gasteiger charge is 2.40. The van der Waals surface area contributed by atoms with Crippen LogP contribution in [0.4, 0.5) is 0 Å². The lowest BCUT2D eigenvalue weighted by molar-refractivity contribution is -0.160. The van der Waals surface area contributed by atoms with Crippen LogP contribution >= 0.6 is 12.6 Å². The summed E-state index contributed by atoms with van der Waals surface area (Å²) in [6.45, 7) is 10.6. The third kappa shape index (κ3) is 4.45. The summed E-state index contributed by atoms with van der Waals surface area (Å²) < 4.78 is 5.26. The zero-order valence-electron chi connectivity index (χ0n) is 10.6. The first kappa shape index (κ1) is 14.8. The maximum absolute atomic E-state index is 11.8. The fraction of sp³-hybridized carbons (Fsp3) is 0.917. The third-order valence-corrected chi connectivity index (χ3v) is 3.49. The standard InChI is InChI=1S/C12H24O2S/c1-11(2,3)12(4,5)10(13)14-8-6-7-9-15/h15H,6-9H2,1-5H3. The quantitative estimate of drug-likeness (QED) is 0.447. The van der Waals surface area contributed by atoms with Crippen molar-refractivity contribution in [2.45, 2.75) is 47.5 Å². The number of hydrogen-bond acceptors (Lipinski definition) is 3. The first-order valence-electron chi connectivity index (χ1n) is 5.51. The number of rotatable bonds is 5. The molecule has 15 heavy (non-hydrogen) atoms. The minimum absolute atomic E-state index is 0.0758. The topological polar surface area (TPSA) is 26.3 Å². The molecular weight excluding hydrogens is 208 g/mol. The normalized spacial score (nSPS) is 12.7. The van der Waals surface area contributed by atoms with Gasteiger partial charge in [-0.25, -0.2) is 0 Å². The van der Waals surface area contributed by atoms with Crippen LogP contribution in [0.2, 0.25) is 0 Å². The summed E-state index contributed by atoms with van der Waals surface area (Å²) in [5.74, 6) is 0.745. The van der Waals surface area contributed by atoms with E-state index in [-0.39, 0.29) is 11.4 Å². The largest absolute Gasteiger partial charge is 0.465 e. The van der Waals surface area contributed by atoms with Crippen molar-refractivity contribution in [3.63, 3.8) is 0 Å². The summed E-state index contributed by atoms with van der Waals surface area (Å²) in [7, 11) is 0. The van der Waals surface area contributed by atoms with Gasteiger partial charge in [-0.3, -0.25) is 4.79 Å². The fourth-order valence-corrected chi connectivity index (χ4v) is 1.09. The first-order chi connectivity index (χ1) is 6.73. The molecular formula is C12H24O2S. The van der Waals surface area contributed by atoms with E-state index in [0.717, 1.165) is 18.6 Å². The van der Waals surface area contributed by atoms with Crippen molar-refractivity contribution < 1.29 is 9.53 Å². The van der Waals surface area contributed by atoms with Gasteiger partial charge in [0.25, 0.3) is 0 Å². The van der Waals surface area contributed by atoms with Gasteiger partial charge in [0.2, 0.25) is 0 Å². The monoisotopic (exact) mass is 232 g/mol. The molecule has 0 fully saturated rings. The lowest BCUT2D eigenvalue weighted by atomic mass is 9.69. The van der Waals surface area contributed by atoms with Gasteiger partial charge in [-0.1, -0.05) is 20.8 Å². The molecule has 0 aliphatic carbocycles. The lowest BCUT2D eigenvalue weighted by Gasteiger charge is -2.36. The zero-order chi connectivity index (χ0) is 12.1. The molecule has 0 bridgehead atoms. The number of esters is 1. The number of ether oxygens (including phenoxy) is 1. The molecule has 0 saturated heterocycles. The second-order valence-electron chi connectivity index (χ2n) is 5.44. The van der Waals surface area contributed by atoms with E-state index in [1.807, 2.05) is 13.8 Å². The molecule has 2 nitrogen and oxygen atoms in total. The van der Waals surface area contributed by atoms with Crippen LogP contribution in [0.25, 0.3) is 0 Å². The molecule has 0 aliphatic rings. The highest BCUT2D eigenvalue weighted by atomic mass is 32.1. The third-order valence-electron chi connectivity index (χ3n) is 3.17. The Balaban J connectivity index is 4.10. The summed E-state index contributed by atoms with van der Waals surface area (Å²) in [5.41, 5.74) is -0.512. The van der Waals surface area contributed by atoms with E-state index in [4.69, 9.17) is 4.74 Å². The predicted octanol–water partition coefficient (Wildman–Crippen LogP) is 3.31. The molecule has 0 unspecified atom stereocenters. The molecule has 0 rings (SSSR count). The Morgan fingerprint density at radius 2 is 1.67 bits per heavy atom. The van der Waals surface area contributed by atoms with Crippen molar-refractivity contribution >= 4 is 18.6 Å². The second-order valence-corrected chi connectivity index (χ2v) is 5.89. The molecule has 0 aromatic carbocycles. The van der Waals surface area contributed by atoms with Gasteiger partial charge < -0.3 is 4.74 Å². The lowest BCUT2D eigenvalue weighted by Crippen LogP contribution is -2.39. The number of thiol groups is 1. The van der Waals surface area contributed by atoms with Gasteiger partial charge in [-0.05, 0) is 37.9 Å². The number of hydrogen-bond donors (Lipinski definition) is 1.